The molecule has 0 spiro atoms. The van der Waals surface area contributed by atoms with Crippen molar-refractivity contribution in [1.82, 2.24) is 10.3 Å². The van der Waals surface area contributed by atoms with Crippen molar-refractivity contribution >= 4 is 0 Å². The molecule has 16 heavy (non-hydrogen) atoms. The summed E-state index contributed by atoms with van der Waals surface area (Å²) in [4.78, 5) is 4.36. The molecule has 0 amide bonds. The molecule has 1 atom stereocenters. The second-order valence-corrected chi connectivity index (χ2v) is 5.14. The molecule has 0 aliphatic carbocycles. The monoisotopic (exact) mass is 222 g/mol. The molecule has 0 bridgehead atoms. The quantitative estimate of drug-likeness (QED) is 0.850. The molecular weight excluding hydrogens is 200 g/mol. The van der Waals surface area contributed by atoms with Crippen LogP contribution in [0.4, 0.5) is 0 Å². The number of rotatable bonds is 4. The van der Waals surface area contributed by atoms with Gasteiger partial charge in [0, 0.05) is 18.7 Å². The predicted molar refractivity (Wildman–Crippen MR) is 66.5 cm³/mol. The van der Waals surface area contributed by atoms with E-state index in [2.05, 4.69) is 38.0 Å². The Bertz CT molecular complexity index is 331. The van der Waals surface area contributed by atoms with Gasteiger partial charge in [0.05, 0.1) is 12.8 Å². The van der Waals surface area contributed by atoms with E-state index in [0.29, 0.717) is 11.9 Å². The molecule has 0 saturated heterocycles. The van der Waals surface area contributed by atoms with Gasteiger partial charge in [-0.1, -0.05) is 26.8 Å². The van der Waals surface area contributed by atoms with Gasteiger partial charge < -0.3 is 10.1 Å². The van der Waals surface area contributed by atoms with Gasteiger partial charge in [0.2, 0.25) is 5.88 Å². The smallest absolute Gasteiger partial charge is 0.213 e. The molecule has 3 heteroatoms. The van der Waals surface area contributed by atoms with Crippen molar-refractivity contribution in [2.45, 2.75) is 40.3 Å². The minimum absolute atomic E-state index is 0.263. The second kappa shape index (κ2) is 5.30. The van der Waals surface area contributed by atoms with Crippen LogP contribution in [0, 0.1) is 5.41 Å². The van der Waals surface area contributed by atoms with E-state index in [4.69, 9.17) is 4.74 Å². The Morgan fingerprint density at radius 2 is 2.06 bits per heavy atom. The summed E-state index contributed by atoms with van der Waals surface area (Å²) in [5.74, 6) is 0.669. The minimum atomic E-state index is 0.263. The van der Waals surface area contributed by atoms with Gasteiger partial charge in [-0.3, -0.25) is 0 Å². The molecule has 1 rings (SSSR count). The first kappa shape index (κ1) is 13.0. The van der Waals surface area contributed by atoms with Gasteiger partial charge in [0.15, 0.2) is 0 Å². The lowest BCUT2D eigenvalue weighted by Crippen LogP contribution is -2.37. The fraction of sp³-hybridized carbons (Fsp3) is 0.615. The third kappa shape index (κ3) is 3.81. The van der Waals surface area contributed by atoms with Crippen LogP contribution in [0.15, 0.2) is 18.2 Å². The van der Waals surface area contributed by atoms with Crippen molar-refractivity contribution in [3.05, 3.63) is 23.9 Å². The van der Waals surface area contributed by atoms with Gasteiger partial charge in [0.25, 0.3) is 0 Å². The molecule has 1 heterocycles. The zero-order valence-corrected chi connectivity index (χ0v) is 10.9. The molecule has 0 aliphatic heterocycles. The molecule has 0 aliphatic rings. The van der Waals surface area contributed by atoms with Gasteiger partial charge in [-0.05, 0) is 18.4 Å². The van der Waals surface area contributed by atoms with E-state index in [1.54, 1.807) is 7.11 Å². The summed E-state index contributed by atoms with van der Waals surface area (Å²) >= 11 is 0. The van der Waals surface area contributed by atoms with Crippen molar-refractivity contribution in [3.8, 4) is 5.88 Å². The number of ether oxygens (including phenoxy) is 1. The summed E-state index contributed by atoms with van der Waals surface area (Å²) in [6, 6.07) is 6.27. The summed E-state index contributed by atoms with van der Waals surface area (Å²) in [6.07, 6.45) is 0. The maximum Gasteiger partial charge on any atom is 0.213 e. The Morgan fingerprint density at radius 3 is 2.62 bits per heavy atom. The summed E-state index contributed by atoms with van der Waals surface area (Å²) in [6.45, 7) is 9.65. The molecule has 0 saturated carbocycles. The maximum absolute atomic E-state index is 5.09. The Morgan fingerprint density at radius 1 is 1.38 bits per heavy atom. The Labute approximate surface area is 98.2 Å². The first-order chi connectivity index (χ1) is 7.43. The van der Waals surface area contributed by atoms with Crippen LogP contribution in [-0.4, -0.2) is 18.1 Å². The summed E-state index contributed by atoms with van der Waals surface area (Å²) in [5, 5.41) is 3.47. The SMILES string of the molecule is COc1cccc(CNC(C)C(C)(C)C)n1. The molecule has 0 radical (unpaired) electrons. The highest BCUT2D eigenvalue weighted by Crippen LogP contribution is 2.18. The molecular formula is C13H22N2O. The van der Waals surface area contributed by atoms with Gasteiger partial charge in [-0.25, -0.2) is 4.98 Å². The average molecular weight is 222 g/mol. The zero-order chi connectivity index (χ0) is 12.2. The first-order valence-corrected chi connectivity index (χ1v) is 5.67. The number of methoxy groups -OCH3 is 1. The van der Waals surface area contributed by atoms with E-state index in [1.807, 2.05) is 18.2 Å². The average Bonchev–Trinajstić information content (AvgIpc) is 2.25. The number of hydrogen-bond donors (Lipinski definition) is 1. The number of hydrogen-bond acceptors (Lipinski definition) is 3. The number of pyridine rings is 1. The second-order valence-electron chi connectivity index (χ2n) is 5.14. The fourth-order valence-corrected chi connectivity index (χ4v) is 1.23. The van der Waals surface area contributed by atoms with Crippen LogP contribution in [-0.2, 0) is 6.54 Å². The lowest BCUT2D eigenvalue weighted by Gasteiger charge is -2.28. The molecule has 3 nitrogen and oxygen atoms in total. The molecule has 1 N–H and O–H groups in total. The molecule has 0 fully saturated rings. The number of aromatic nitrogens is 1. The Hall–Kier alpha value is -1.09. The maximum atomic E-state index is 5.09. The summed E-state index contributed by atoms with van der Waals surface area (Å²) in [7, 11) is 1.64. The predicted octanol–water partition coefficient (Wildman–Crippen LogP) is 2.61. The molecule has 0 aromatic carbocycles. The van der Waals surface area contributed by atoms with E-state index in [-0.39, 0.29) is 5.41 Å². The number of nitrogens with one attached hydrogen (secondary N) is 1. The van der Waals surface area contributed by atoms with Crippen molar-refractivity contribution in [3.63, 3.8) is 0 Å². The highest BCUT2D eigenvalue weighted by Gasteiger charge is 2.19. The molecule has 90 valence electrons. The third-order valence-electron chi connectivity index (χ3n) is 2.88. The molecule has 1 unspecified atom stereocenters. The van der Waals surface area contributed by atoms with E-state index < -0.39 is 0 Å². The van der Waals surface area contributed by atoms with Crippen LogP contribution in [0.1, 0.15) is 33.4 Å². The highest BCUT2D eigenvalue weighted by molar-refractivity contribution is 5.15. The van der Waals surface area contributed by atoms with Gasteiger partial charge in [0.1, 0.15) is 0 Å². The molecule has 1 aromatic heterocycles. The lowest BCUT2D eigenvalue weighted by molar-refractivity contribution is 0.284. The minimum Gasteiger partial charge on any atom is -0.481 e. The highest BCUT2D eigenvalue weighted by atomic mass is 16.5. The van der Waals surface area contributed by atoms with Gasteiger partial charge >= 0.3 is 0 Å². The van der Waals surface area contributed by atoms with Crippen molar-refractivity contribution in [1.29, 1.82) is 0 Å². The zero-order valence-electron chi connectivity index (χ0n) is 10.9. The van der Waals surface area contributed by atoms with E-state index >= 15 is 0 Å². The number of nitrogens with zero attached hydrogens (tertiary/aromatic N) is 1. The van der Waals surface area contributed by atoms with E-state index in [0.717, 1.165) is 12.2 Å². The lowest BCUT2D eigenvalue weighted by atomic mass is 9.88. The fourth-order valence-electron chi connectivity index (χ4n) is 1.23. The van der Waals surface area contributed by atoms with E-state index in [9.17, 15) is 0 Å². The van der Waals surface area contributed by atoms with Crippen molar-refractivity contribution in [2.24, 2.45) is 5.41 Å². The largest absolute Gasteiger partial charge is 0.481 e. The summed E-state index contributed by atoms with van der Waals surface area (Å²) in [5.41, 5.74) is 1.27. The summed E-state index contributed by atoms with van der Waals surface area (Å²) < 4.78 is 5.09. The van der Waals surface area contributed by atoms with Gasteiger partial charge in [-0.2, -0.15) is 0 Å². The van der Waals surface area contributed by atoms with Crippen LogP contribution in [0.3, 0.4) is 0 Å². The third-order valence-corrected chi connectivity index (χ3v) is 2.88. The van der Waals surface area contributed by atoms with Gasteiger partial charge in [-0.15, -0.1) is 0 Å². The Kier molecular flexibility index (Phi) is 4.30. The normalized spacial score (nSPS) is 13.6. The van der Waals surface area contributed by atoms with Crippen LogP contribution < -0.4 is 10.1 Å². The van der Waals surface area contributed by atoms with Crippen LogP contribution >= 0.6 is 0 Å². The van der Waals surface area contributed by atoms with Crippen molar-refractivity contribution < 1.29 is 4.74 Å². The molecule has 1 aromatic rings. The van der Waals surface area contributed by atoms with E-state index in [1.165, 1.54) is 0 Å². The van der Waals surface area contributed by atoms with Crippen LogP contribution in [0.5, 0.6) is 5.88 Å². The van der Waals surface area contributed by atoms with Crippen molar-refractivity contribution in [2.75, 3.05) is 7.11 Å². The van der Waals surface area contributed by atoms with Crippen LogP contribution in [0.2, 0.25) is 0 Å². The Balaban J connectivity index is 2.54. The standard InChI is InChI=1S/C13H22N2O/c1-10(13(2,3)4)14-9-11-7-6-8-12(15-11)16-5/h6-8,10,14H,9H2,1-5H3. The van der Waals surface area contributed by atoms with Crippen LogP contribution in [0.25, 0.3) is 0 Å². The topological polar surface area (TPSA) is 34.1 Å². The first-order valence-electron chi connectivity index (χ1n) is 5.67.